The van der Waals surface area contributed by atoms with Gasteiger partial charge in [-0.1, -0.05) is 6.07 Å². The highest BCUT2D eigenvalue weighted by molar-refractivity contribution is 9.10. The van der Waals surface area contributed by atoms with Crippen LogP contribution in [0.2, 0.25) is 0 Å². The van der Waals surface area contributed by atoms with E-state index in [0.717, 1.165) is 5.56 Å². The first-order chi connectivity index (χ1) is 8.16. The molecule has 17 heavy (non-hydrogen) atoms. The number of nitrogens with zero attached hydrogens (tertiary/aromatic N) is 3. The predicted octanol–water partition coefficient (Wildman–Crippen LogP) is 3.01. The van der Waals surface area contributed by atoms with Crippen molar-refractivity contribution in [3.8, 4) is 0 Å². The largest absolute Gasteiger partial charge is 0.353 e. The van der Waals surface area contributed by atoms with Crippen LogP contribution >= 0.6 is 15.9 Å². The lowest BCUT2D eigenvalue weighted by atomic mass is 10.2. The summed E-state index contributed by atoms with van der Waals surface area (Å²) in [6.07, 6.45) is 5.05. The Morgan fingerprint density at radius 3 is 2.88 bits per heavy atom. The van der Waals surface area contributed by atoms with Gasteiger partial charge in [0, 0.05) is 36.7 Å². The van der Waals surface area contributed by atoms with Gasteiger partial charge in [0.05, 0.1) is 0 Å². The third-order valence-corrected chi connectivity index (χ3v) is 2.73. The van der Waals surface area contributed by atoms with E-state index < -0.39 is 0 Å². The van der Waals surface area contributed by atoms with Gasteiger partial charge < -0.3 is 4.90 Å². The Hall–Kier alpha value is -1.49. The lowest BCUT2D eigenvalue weighted by Crippen LogP contribution is -2.19. The number of pyridine rings is 2. The first-order valence-electron chi connectivity index (χ1n) is 5.08. The third-order valence-electron chi connectivity index (χ3n) is 2.29. The maximum Gasteiger partial charge on any atom is 0.166 e. The molecule has 0 aliphatic carbocycles. The predicted molar refractivity (Wildman–Crippen MR) is 68.2 cm³/mol. The van der Waals surface area contributed by atoms with Crippen LogP contribution in [0.4, 0.5) is 10.2 Å². The van der Waals surface area contributed by atoms with E-state index in [4.69, 9.17) is 0 Å². The SMILES string of the molecule is CN(Cc1cccnc1)c1ncc(Br)cc1F. The summed E-state index contributed by atoms with van der Waals surface area (Å²) in [5.74, 6) is -0.0113. The minimum absolute atomic E-state index is 0.331. The third kappa shape index (κ3) is 3.00. The van der Waals surface area contributed by atoms with E-state index in [1.165, 1.54) is 6.07 Å². The van der Waals surface area contributed by atoms with Gasteiger partial charge in [0.2, 0.25) is 0 Å². The molecule has 0 N–H and O–H groups in total. The van der Waals surface area contributed by atoms with Crippen molar-refractivity contribution in [2.75, 3.05) is 11.9 Å². The maximum atomic E-state index is 13.7. The van der Waals surface area contributed by atoms with Gasteiger partial charge >= 0.3 is 0 Å². The Kier molecular flexibility index (Phi) is 3.68. The van der Waals surface area contributed by atoms with Crippen LogP contribution in [0.3, 0.4) is 0 Å². The van der Waals surface area contributed by atoms with Crippen molar-refractivity contribution in [1.29, 1.82) is 0 Å². The highest BCUT2D eigenvalue weighted by atomic mass is 79.9. The number of hydrogen-bond donors (Lipinski definition) is 0. The molecule has 3 nitrogen and oxygen atoms in total. The topological polar surface area (TPSA) is 29.0 Å². The molecule has 0 unspecified atom stereocenters. The second-order valence-corrected chi connectivity index (χ2v) is 4.59. The molecule has 0 aliphatic rings. The van der Waals surface area contributed by atoms with E-state index in [0.29, 0.717) is 16.8 Å². The highest BCUT2D eigenvalue weighted by Gasteiger charge is 2.10. The Bertz CT molecular complexity index is 504. The summed E-state index contributed by atoms with van der Waals surface area (Å²) in [5, 5.41) is 0. The number of rotatable bonds is 3. The van der Waals surface area contributed by atoms with Crippen molar-refractivity contribution in [2.45, 2.75) is 6.54 Å². The summed E-state index contributed by atoms with van der Waals surface area (Å²) >= 11 is 3.18. The minimum atomic E-state index is -0.342. The summed E-state index contributed by atoms with van der Waals surface area (Å²) < 4.78 is 14.3. The van der Waals surface area contributed by atoms with E-state index >= 15 is 0 Å². The van der Waals surface area contributed by atoms with Crippen LogP contribution in [0.15, 0.2) is 41.3 Å². The van der Waals surface area contributed by atoms with Gasteiger partial charge in [0.25, 0.3) is 0 Å². The first kappa shape index (κ1) is 12.0. The van der Waals surface area contributed by atoms with Crippen molar-refractivity contribution in [3.05, 3.63) is 52.6 Å². The highest BCUT2D eigenvalue weighted by Crippen LogP contribution is 2.20. The fraction of sp³-hybridized carbons (Fsp3) is 0.167. The molecule has 2 rings (SSSR count). The Morgan fingerprint density at radius 1 is 1.41 bits per heavy atom. The van der Waals surface area contributed by atoms with E-state index in [9.17, 15) is 4.39 Å². The molecule has 2 heterocycles. The average molecular weight is 296 g/mol. The van der Waals surface area contributed by atoms with E-state index in [1.807, 2.05) is 12.1 Å². The molecule has 0 bridgehead atoms. The lowest BCUT2D eigenvalue weighted by molar-refractivity contribution is 0.613. The summed E-state index contributed by atoms with van der Waals surface area (Å²) in [6.45, 7) is 0.569. The zero-order chi connectivity index (χ0) is 12.3. The molecule has 5 heteroatoms. The van der Waals surface area contributed by atoms with Crippen LogP contribution in [-0.2, 0) is 6.54 Å². The van der Waals surface area contributed by atoms with Gasteiger partial charge in [0.15, 0.2) is 11.6 Å². The smallest absolute Gasteiger partial charge is 0.166 e. The summed E-state index contributed by atoms with van der Waals surface area (Å²) in [6, 6.07) is 5.21. The molecular formula is C12H11BrFN3. The zero-order valence-electron chi connectivity index (χ0n) is 9.27. The molecule has 0 amide bonds. The monoisotopic (exact) mass is 295 g/mol. The van der Waals surface area contributed by atoms with Crippen LogP contribution in [0.25, 0.3) is 0 Å². The van der Waals surface area contributed by atoms with Crippen LogP contribution in [0.1, 0.15) is 5.56 Å². The first-order valence-corrected chi connectivity index (χ1v) is 5.87. The van der Waals surface area contributed by atoms with Crippen molar-refractivity contribution >= 4 is 21.7 Å². The lowest BCUT2D eigenvalue weighted by Gasteiger charge is -2.18. The maximum absolute atomic E-state index is 13.7. The van der Waals surface area contributed by atoms with E-state index in [2.05, 4.69) is 25.9 Å². The molecular weight excluding hydrogens is 285 g/mol. The minimum Gasteiger partial charge on any atom is -0.353 e. The summed E-state index contributed by atoms with van der Waals surface area (Å²) in [4.78, 5) is 9.83. The molecule has 2 aromatic rings. The van der Waals surface area contributed by atoms with Crippen LogP contribution in [-0.4, -0.2) is 17.0 Å². The fourth-order valence-corrected chi connectivity index (χ4v) is 1.83. The Morgan fingerprint density at radius 2 is 2.24 bits per heavy atom. The van der Waals surface area contributed by atoms with Gasteiger partial charge in [-0.3, -0.25) is 4.98 Å². The number of halogens is 2. The molecule has 0 saturated carbocycles. The van der Waals surface area contributed by atoms with Crippen LogP contribution in [0.5, 0.6) is 0 Å². The van der Waals surface area contributed by atoms with Gasteiger partial charge in [-0.2, -0.15) is 0 Å². The molecule has 0 fully saturated rings. The number of anilines is 1. The molecule has 0 spiro atoms. The van der Waals surface area contributed by atoms with E-state index in [-0.39, 0.29) is 5.82 Å². The van der Waals surface area contributed by atoms with Crippen molar-refractivity contribution in [3.63, 3.8) is 0 Å². The van der Waals surface area contributed by atoms with Gasteiger partial charge in [-0.05, 0) is 33.6 Å². The molecule has 0 atom stereocenters. The molecule has 0 aliphatic heterocycles. The fourth-order valence-electron chi connectivity index (χ4n) is 1.53. The standard InChI is InChI=1S/C12H11BrFN3/c1-17(8-9-3-2-4-15-6-9)12-11(14)5-10(13)7-16-12/h2-7H,8H2,1H3. The van der Waals surface area contributed by atoms with Crippen LogP contribution in [0, 0.1) is 5.82 Å². The second-order valence-electron chi connectivity index (χ2n) is 3.68. The van der Waals surface area contributed by atoms with Crippen LogP contribution < -0.4 is 4.90 Å². The number of aromatic nitrogens is 2. The van der Waals surface area contributed by atoms with Gasteiger partial charge in [-0.25, -0.2) is 9.37 Å². The van der Waals surface area contributed by atoms with Gasteiger partial charge in [-0.15, -0.1) is 0 Å². The molecule has 2 aromatic heterocycles. The Balaban J connectivity index is 2.17. The van der Waals surface area contributed by atoms with Crippen molar-refractivity contribution in [2.24, 2.45) is 0 Å². The summed E-state index contributed by atoms with van der Waals surface area (Å²) in [7, 11) is 1.80. The molecule has 88 valence electrons. The second kappa shape index (κ2) is 5.23. The van der Waals surface area contributed by atoms with Crippen molar-refractivity contribution < 1.29 is 4.39 Å². The van der Waals surface area contributed by atoms with E-state index in [1.54, 1.807) is 30.5 Å². The Labute approximate surface area is 107 Å². The molecule has 0 aromatic carbocycles. The average Bonchev–Trinajstić information content (AvgIpc) is 2.30. The van der Waals surface area contributed by atoms with Crippen molar-refractivity contribution in [1.82, 2.24) is 9.97 Å². The molecule has 0 radical (unpaired) electrons. The summed E-state index contributed by atoms with van der Waals surface area (Å²) in [5.41, 5.74) is 1.01. The normalized spacial score (nSPS) is 10.3. The molecule has 0 saturated heterocycles. The van der Waals surface area contributed by atoms with Gasteiger partial charge in [0.1, 0.15) is 0 Å². The number of hydrogen-bond acceptors (Lipinski definition) is 3. The quantitative estimate of drug-likeness (QED) is 0.872. The zero-order valence-corrected chi connectivity index (χ0v) is 10.9.